The Bertz CT molecular complexity index is 519. The molecule has 6 nitrogen and oxygen atoms in total. The van der Waals surface area contributed by atoms with Gasteiger partial charge in [-0.15, -0.1) is 0 Å². The Kier molecular flexibility index (Phi) is 4.89. The van der Waals surface area contributed by atoms with E-state index in [9.17, 15) is 13.2 Å². The number of ether oxygens (including phenoxy) is 1. The number of rotatable bonds is 6. The molecule has 0 N–H and O–H groups in total. The highest BCUT2D eigenvalue weighted by molar-refractivity contribution is 7.90. The molecule has 0 saturated heterocycles. The molecule has 0 saturated carbocycles. The Morgan fingerprint density at radius 1 is 1.44 bits per heavy atom. The molecule has 0 unspecified atom stereocenters. The van der Waals surface area contributed by atoms with Gasteiger partial charge in [0.05, 0.1) is 30.0 Å². The van der Waals surface area contributed by atoms with Crippen molar-refractivity contribution in [3.8, 4) is 0 Å². The maximum absolute atomic E-state index is 11.8. The second-order valence-electron chi connectivity index (χ2n) is 3.94. The Morgan fingerprint density at radius 2 is 2.11 bits per heavy atom. The molecule has 0 aromatic carbocycles. The highest BCUT2D eigenvalue weighted by Crippen LogP contribution is 2.14. The monoisotopic (exact) mass is 274 g/mol. The molecule has 0 bridgehead atoms. The number of aryl methyl sites for hydroxylation is 1. The minimum Gasteiger partial charge on any atom is -0.462 e. The van der Waals surface area contributed by atoms with E-state index in [2.05, 4.69) is 5.10 Å². The predicted octanol–water partition coefficient (Wildman–Crippen LogP) is 0.922. The Balaban J connectivity index is 3.02. The van der Waals surface area contributed by atoms with Crippen LogP contribution in [0.5, 0.6) is 0 Å². The van der Waals surface area contributed by atoms with Crippen molar-refractivity contribution < 1.29 is 17.9 Å². The van der Waals surface area contributed by atoms with Gasteiger partial charge in [0.15, 0.2) is 9.84 Å². The average Bonchev–Trinajstić information content (AvgIpc) is 2.60. The molecule has 1 aromatic heterocycles. The summed E-state index contributed by atoms with van der Waals surface area (Å²) in [6.07, 6.45) is 1.89. The van der Waals surface area contributed by atoms with Gasteiger partial charge in [-0.2, -0.15) is 5.10 Å². The van der Waals surface area contributed by atoms with E-state index in [1.54, 1.807) is 20.9 Å². The highest BCUT2D eigenvalue weighted by atomic mass is 32.2. The van der Waals surface area contributed by atoms with Crippen LogP contribution in [-0.2, 0) is 27.4 Å². The van der Waals surface area contributed by atoms with Gasteiger partial charge >= 0.3 is 5.97 Å². The maximum atomic E-state index is 11.8. The molecule has 1 heterocycles. The number of carbonyl (C=O) groups is 1. The zero-order valence-corrected chi connectivity index (χ0v) is 11.7. The smallest absolute Gasteiger partial charge is 0.341 e. The SMILES string of the molecule is CCCS(=O)(=O)Cc1c(C(=O)OCC)cnn1C. The van der Waals surface area contributed by atoms with Crippen LogP contribution in [0.3, 0.4) is 0 Å². The maximum Gasteiger partial charge on any atom is 0.341 e. The van der Waals surface area contributed by atoms with Crippen molar-refractivity contribution in [2.75, 3.05) is 12.4 Å². The molecule has 0 atom stereocenters. The lowest BCUT2D eigenvalue weighted by Gasteiger charge is -2.06. The van der Waals surface area contributed by atoms with Gasteiger partial charge in [-0.1, -0.05) is 6.92 Å². The second kappa shape index (κ2) is 5.99. The van der Waals surface area contributed by atoms with Gasteiger partial charge < -0.3 is 4.74 Å². The highest BCUT2D eigenvalue weighted by Gasteiger charge is 2.22. The van der Waals surface area contributed by atoms with Gasteiger partial charge in [0.25, 0.3) is 0 Å². The largest absolute Gasteiger partial charge is 0.462 e. The van der Waals surface area contributed by atoms with Crippen LogP contribution in [0.15, 0.2) is 6.20 Å². The molecule has 0 amide bonds. The van der Waals surface area contributed by atoms with Gasteiger partial charge in [-0.25, -0.2) is 13.2 Å². The third-order valence-electron chi connectivity index (χ3n) is 2.43. The Morgan fingerprint density at radius 3 is 2.67 bits per heavy atom. The lowest BCUT2D eigenvalue weighted by atomic mass is 10.3. The molecule has 0 aliphatic carbocycles. The number of hydrogen-bond donors (Lipinski definition) is 0. The van der Waals surface area contributed by atoms with Crippen LogP contribution in [0.2, 0.25) is 0 Å². The number of esters is 1. The van der Waals surface area contributed by atoms with Gasteiger partial charge in [-0.3, -0.25) is 4.68 Å². The number of sulfone groups is 1. The van der Waals surface area contributed by atoms with E-state index in [0.29, 0.717) is 12.1 Å². The van der Waals surface area contributed by atoms with Crippen LogP contribution in [0.25, 0.3) is 0 Å². The van der Waals surface area contributed by atoms with E-state index in [1.165, 1.54) is 10.9 Å². The lowest BCUT2D eigenvalue weighted by molar-refractivity contribution is 0.0525. The summed E-state index contributed by atoms with van der Waals surface area (Å²) in [5.41, 5.74) is 0.598. The molecular formula is C11H18N2O4S. The van der Waals surface area contributed by atoms with Crippen LogP contribution in [0, 0.1) is 0 Å². The van der Waals surface area contributed by atoms with E-state index in [-0.39, 0.29) is 23.7 Å². The van der Waals surface area contributed by atoms with Crippen LogP contribution >= 0.6 is 0 Å². The Hall–Kier alpha value is -1.37. The van der Waals surface area contributed by atoms with Crippen LogP contribution < -0.4 is 0 Å². The average molecular weight is 274 g/mol. The molecule has 7 heteroatoms. The summed E-state index contributed by atoms with van der Waals surface area (Å²) in [5.74, 6) is -0.626. The number of hydrogen-bond acceptors (Lipinski definition) is 5. The molecule has 0 radical (unpaired) electrons. The molecule has 1 rings (SSSR count). The van der Waals surface area contributed by atoms with Crippen LogP contribution in [-0.4, -0.2) is 36.5 Å². The van der Waals surface area contributed by atoms with Crippen molar-refractivity contribution in [3.63, 3.8) is 0 Å². The van der Waals surface area contributed by atoms with Crippen LogP contribution in [0.1, 0.15) is 36.3 Å². The summed E-state index contributed by atoms with van der Waals surface area (Å²) < 4.78 is 29.9. The predicted molar refractivity (Wildman–Crippen MR) is 66.9 cm³/mol. The third-order valence-corrected chi connectivity index (χ3v) is 4.17. The molecular weight excluding hydrogens is 256 g/mol. The quantitative estimate of drug-likeness (QED) is 0.721. The third kappa shape index (κ3) is 3.56. The number of carbonyl (C=O) groups excluding carboxylic acids is 1. The topological polar surface area (TPSA) is 78.3 Å². The van der Waals surface area contributed by atoms with Gasteiger partial charge in [0.2, 0.25) is 0 Å². The van der Waals surface area contributed by atoms with Crippen molar-refractivity contribution in [2.45, 2.75) is 26.0 Å². The molecule has 0 aliphatic heterocycles. The Labute approximate surface area is 107 Å². The van der Waals surface area contributed by atoms with Gasteiger partial charge in [0, 0.05) is 7.05 Å². The second-order valence-corrected chi connectivity index (χ2v) is 6.13. The van der Waals surface area contributed by atoms with E-state index in [0.717, 1.165) is 0 Å². The van der Waals surface area contributed by atoms with Crippen LogP contribution in [0.4, 0.5) is 0 Å². The molecule has 1 aromatic rings. The fourth-order valence-electron chi connectivity index (χ4n) is 1.60. The lowest BCUT2D eigenvalue weighted by Crippen LogP contribution is -2.15. The van der Waals surface area contributed by atoms with E-state index in [1.807, 2.05) is 0 Å². The first kappa shape index (κ1) is 14.7. The minimum absolute atomic E-state index is 0.0977. The summed E-state index contributed by atoms with van der Waals surface area (Å²) in [7, 11) is -1.61. The summed E-state index contributed by atoms with van der Waals surface area (Å²) in [5, 5.41) is 3.92. The summed E-state index contributed by atoms with van der Waals surface area (Å²) in [6, 6.07) is 0. The fraction of sp³-hybridized carbons (Fsp3) is 0.636. The van der Waals surface area contributed by atoms with E-state index in [4.69, 9.17) is 4.74 Å². The van der Waals surface area contributed by atoms with Crippen molar-refractivity contribution in [3.05, 3.63) is 17.5 Å². The van der Waals surface area contributed by atoms with Crippen molar-refractivity contribution in [1.29, 1.82) is 0 Å². The number of aromatic nitrogens is 2. The molecule has 0 spiro atoms. The number of nitrogens with zero attached hydrogens (tertiary/aromatic N) is 2. The summed E-state index contributed by atoms with van der Waals surface area (Å²) in [4.78, 5) is 11.7. The first-order valence-corrected chi connectivity index (χ1v) is 7.61. The van der Waals surface area contributed by atoms with Crippen molar-refractivity contribution >= 4 is 15.8 Å². The zero-order chi connectivity index (χ0) is 13.8. The molecule has 102 valence electrons. The van der Waals surface area contributed by atoms with Crippen molar-refractivity contribution in [1.82, 2.24) is 9.78 Å². The minimum atomic E-state index is -3.22. The first-order valence-electron chi connectivity index (χ1n) is 5.79. The van der Waals surface area contributed by atoms with Gasteiger partial charge in [0.1, 0.15) is 5.56 Å². The zero-order valence-electron chi connectivity index (χ0n) is 10.8. The van der Waals surface area contributed by atoms with Crippen molar-refractivity contribution in [2.24, 2.45) is 7.05 Å². The van der Waals surface area contributed by atoms with E-state index < -0.39 is 15.8 Å². The molecule has 0 aliphatic rings. The summed E-state index contributed by atoms with van der Waals surface area (Å²) >= 11 is 0. The van der Waals surface area contributed by atoms with E-state index >= 15 is 0 Å². The molecule has 18 heavy (non-hydrogen) atoms. The first-order chi connectivity index (χ1) is 8.41. The molecule has 0 fully saturated rings. The normalized spacial score (nSPS) is 11.5. The fourth-order valence-corrected chi connectivity index (χ4v) is 3.13. The van der Waals surface area contributed by atoms with Gasteiger partial charge in [-0.05, 0) is 13.3 Å². The standard InChI is InChI=1S/C11H18N2O4S/c1-4-6-18(15,16)8-10-9(7-12-13(10)3)11(14)17-5-2/h7H,4-6,8H2,1-3H3. The summed E-state index contributed by atoms with van der Waals surface area (Å²) in [6.45, 7) is 3.74.